The first kappa shape index (κ1) is 14.1. The molecule has 1 atom stereocenters. The van der Waals surface area contributed by atoms with Crippen molar-refractivity contribution in [3.63, 3.8) is 0 Å². The monoisotopic (exact) mass is 270 g/mol. The minimum atomic E-state index is -0.168. The van der Waals surface area contributed by atoms with E-state index < -0.39 is 0 Å². The Morgan fingerprint density at radius 3 is 2.65 bits per heavy atom. The van der Waals surface area contributed by atoms with Gasteiger partial charge >= 0.3 is 0 Å². The summed E-state index contributed by atoms with van der Waals surface area (Å²) in [6.07, 6.45) is 0.554. The van der Waals surface area contributed by atoms with Crippen LogP contribution in [0.1, 0.15) is 18.2 Å². The van der Waals surface area contributed by atoms with Gasteiger partial charge in [0.25, 0.3) is 0 Å². The third-order valence-corrected chi connectivity index (χ3v) is 3.27. The second-order valence-corrected chi connectivity index (χ2v) is 4.42. The summed E-state index contributed by atoms with van der Waals surface area (Å²) in [7, 11) is 0. The van der Waals surface area contributed by atoms with Crippen molar-refractivity contribution >= 4 is 23.7 Å². The molecule has 0 saturated carbocycles. The highest BCUT2D eigenvalue weighted by Crippen LogP contribution is 2.26. The van der Waals surface area contributed by atoms with Crippen molar-refractivity contribution in [3.05, 3.63) is 41.4 Å². The van der Waals surface area contributed by atoms with Gasteiger partial charge in [-0.05, 0) is 6.42 Å². The number of aliphatic hydroxyl groups excluding tert-OH is 1. The Hall–Kier alpha value is -0.940. The van der Waals surface area contributed by atoms with E-state index in [1.165, 1.54) is 0 Å². The fourth-order valence-electron chi connectivity index (χ4n) is 1.46. The van der Waals surface area contributed by atoms with E-state index in [-0.39, 0.29) is 25.1 Å². The van der Waals surface area contributed by atoms with Gasteiger partial charge in [0.2, 0.25) is 0 Å². The number of aliphatic hydroxyl groups is 1. The molecule has 0 aliphatic carbocycles. The summed E-state index contributed by atoms with van der Waals surface area (Å²) in [6, 6.07) is 9.85. The van der Waals surface area contributed by atoms with Gasteiger partial charge in [0.1, 0.15) is 5.01 Å². The standard InChI is InChI=1S/C12H14N2OS.ClH/c13-10(6-7-15)11-8-16-12(14-11)9-4-2-1-3-5-9;/h1-5,8,10,15H,6-7,13H2;1H. The number of rotatable bonds is 4. The number of hydrogen-bond donors (Lipinski definition) is 2. The quantitative estimate of drug-likeness (QED) is 0.898. The van der Waals surface area contributed by atoms with Crippen molar-refractivity contribution in [2.24, 2.45) is 5.73 Å². The lowest BCUT2D eigenvalue weighted by Gasteiger charge is -2.04. The summed E-state index contributed by atoms with van der Waals surface area (Å²) >= 11 is 1.58. The maximum atomic E-state index is 8.82. The molecule has 5 heteroatoms. The molecule has 0 spiro atoms. The maximum absolute atomic E-state index is 8.82. The normalized spacial score (nSPS) is 11.9. The van der Waals surface area contributed by atoms with E-state index in [1.54, 1.807) is 11.3 Å². The molecule has 1 aromatic heterocycles. The molecular weight excluding hydrogens is 256 g/mol. The molecule has 0 fully saturated rings. The van der Waals surface area contributed by atoms with Crippen LogP contribution in [0, 0.1) is 0 Å². The Morgan fingerprint density at radius 2 is 2.00 bits per heavy atom. The second-order valence-electron chi connectivity index (χ2n) is 3.56. The largest absolute Gasteiger partial charge is 0.396 e. The molecule has 1 heterocycles. The minimum absolute atomic E-state index is 0. The Bertz CT molecular complexity index is 447. The molecule has 17 heavy (non-hydrogen) atoms. The number of aromatic nitrogens is 1. The van der Waals surface area contributed by atoms with Crippen molar-refractivity contribution in [1.29, 1.82) is 0 Å². The van der Waals surface area contributed by atoms with Crippen molar-refractivity contribution in [2.75, 3.05) is 6.61 Å². The van der Waals surface area contributed by atoms with Crippen molar-refractivity contribution < 1.29 is 5.11 Å². The van der Waals surface area contributed by atoms with E-state index in [1.807, 2.05) is 35.7 Å². The lowest BCUT2D eigenvalue weighted by atomic mass is 10.2. The summed E-state index contributed by atoms with van der Waals surface area (Å²) in [6.45, 7) is 0.0966. The van der Waals surface area contributed by atoms with Crippen molar-refractivity contribution in [3.8, 4) is 10.6 Å². The molecule has 0 amide bonds. The second kappa shape index (κ2) is 6.71. The molecule has 0 bridgehead atoms. The van der Waals surface area contributed by atoms with E-state index >= 15 is 0 Å². The van der Waals surface area contributed by atoms with Gasteiger partial charge in [0, 0.05) is 17.6 Å². The molecule has 3 nitrogen and oxygen atoms in total. The molecule has 0 aliphatic rings. The first-order valence-electron chi connectivity index (χ1n) is 5.18. The fourth-order valence-corrected chi connectivity index (χ4v) is 2.35. The van der Waals surface area contributed by atoms with Gasteiger partial charge in [-0.2, -0.15) is 0 Å². The number of benzene rings is 1. The van der Waals surface area contributed by atoms with Crippen molar-refractivity contribution in [2.45, 2.75) is 12.5 Å². The van der Waals surface area contributed by atoms with Gasteiger partial charge in [-0.3, -0.25) is 0 Å². The molecule has 1 unspecified atom stereocenters. The minimum Gasteiger partial charge on any atom is -0.396 e. The lowest BCUT2D eigenvalue weighted by molar-refractivity contribution is 0.276. The lowest BCUT2D eigenvalue weighted by Crippen LogP contribution is -2.12. The van der Waals surface area contributed by atoms with Gasteiger partial charge in [-0.15, -0.1) is 23.7 Å². The van der Waals surface area contributed by atoms with Crippen LogP contribution in [0.15, 0.2) is 35.7 Å². The highest BCUT2D eigenvalue weighted by molar-refractivity contribution is 7.13. The molecule has 2 rings (SSSR count). The predicted octanol–water partition coefficient (Wildman–Crippen LogP) is 2.61. The molecule has 0 radical (unpaired) electrons. The SMILES string of the molecule is Cl.NC(CCO)c1csc(-c2ccccc2)n1. The highest BCUT2D eigenvalue weighted by atomic mass is 35.5. The number of nitrogens with two attached hydrogens (primary N) is 1. The summed E-state index contributed by atoms with van der Waals surface area (Å²) in [4.78, 5) is 4.48. The third kappa shape index (κ3) is 3.51. The first-order chi connectivity index (χ1) is 7.81. The summed E-state index contributed by atoms with van der Waals surface area (Å²) in [5.41, 5.74) is 7.85. The van der Waals surface area contributed by atoms with E-state index in [0.29, 0.717) is 6.42 Å². The van der Waals surface area contributed by atoms with Gasteiger partial charge in [0.15, 0.2) is 0 Å². The van der Waals surface area contributed by atoms with Crippen LogP contribution in [0.3, 0.4) is 0 Å². The topological polar surface area (TPSA) is 59.1 Å². The van der Waals surface area contributed by atoms with E-state index in [4.69, 9.17) is 10.8 Å². The molecule has 2 aromatic rings. The smallest absolute Gasteiger partial charge is 0.123 e. The summed E-state index contributed by atoms with van der Waals surface area (Å²) < 4.78 is 0. The number of nitrogens with zero attached hydrogens (tertiary/aromatic N) is 1. The number of thiazole rings is 1. The van der Waals surface area contributed by atoms with Crippen LogP contribution >= 0.6 is 23.7 Å². The van der Waals surface area contributed by atoms with Crippen LogP contribution in [0.4, 0.5) is 0 Å². The average molecular weight is 271 g/mol. The Kier molecular flexibility index (Phi) is 5.58. The van der Waals surface area contributed by atoms with Crippen LogP contribution in [0.2, 0.25) is 0 Å². The zero-order valence-electron chi connectivity index (χ0n) is 9.24. The van der Waals surface area contributed by atoms with E-state index in [0.717, 1.165) is 16.3 Å². The molecule has 92 valence electrons. The molecule has 0 aliphatic heterocycles. The Morgan fingerprint density at radius 1 is 1.29 bits per heavy atom. The van der Waals surface area contributed by atoms with Gasteiger partial charge < -0.3 is 10.8 Å². The van der Waals surface area contributed by atoms with E-state index in [9.17, 15) is 0 Å². The van der Waals surface area contributed by atoms with Crippen LogP contribution in [0.25, 0.3) is 10.6 Å². The van der Waals surface area contributed by atoms with Crippen molar-refractivity contribution in [1.82, 2.24) is 4.98 Å². The fraction of sp³-hybridized carbons (Fsp3) is 0.250. The maximum Gasteiger partial charge on any atom is 0.123 e. The molecule has 1 aromatic carbocycles. The molecule has 3 N–H and O–H groups in total. The Labute approximate surface area is 111 Å². The van der Waals surface area contributed by atoms with Crippen LogP contribution in [-0.4, -0.2) is 16.7 Å². The number of halogens is 1. The van der Waals surface area contributed by atoms with E-state index in [2.05, 4.69) is 4.98 Å². The summed E-state index contributed by atoms with van der Waals surface area (Å²) in [5, 5.41) is 11.8. The van der Waals surface area contributed by atoms with Crippen LogP contribution in [-0.2, 0) is 0 Å². The third-order valence-electron chi connectivity index (χ3n) is 2.36. The number of hydrogen-bond acceptors (Lipinski definition) is 4. The zero-order chi connectivity index (χ0) is 11.4. The highest BCUT2D eigenvalue weighted by Gasteiger charge is 2.10. The van der Waals surface area contributed by atoms with Gasteiger partial charge in [0.05, 0.1) is 11.7 Å². The zero-order valence-corrected chi connectivity index (χ0v) is 10.9. The van der Waals surface area contributed by atoms with Gasteiger partial charge in [-0.25, -0.2) is 4.98 Å². The predicted molar refractivity (Wildman–Crippen MR) is 73.4 cm³/mol. The summed E-state index contributed by atoms with van der Waals surface area (Å²) in [5.74, 6) is 0. The Balaban J connectivity index is 0.00000144. The molecule has 0 saturated heterocycles. The first-order valence-corrected chi connectivity index (χ1v) is 6.06. The van der Waals surface area contributed by atoms with Gasteiger partial charge in [-0.1, -0.05) is 30.3 Å². The van der Waals surface area contributed by atoms with Crippen LogP contribution in [0.5, 0.6) is 0 Å². The molecular formula is C12H15ClN2OS. The van der Waals surface area contributed by atoms with Crippen LogP contribution < -0.4 is 5.73 Å². The average Bonchev–Trinajstić information content (AvgIpc) is 2.80.